The van der Waals surface area contributed by atoms with Crippen LogP contribution in [0.1, 0.15) is 25.7 Å². The second-order valence-corrected chi connectivity index (χ2v) is 5.86. The van der Waals surface area contributed by atoms with Crippen LogP contribution in [0.25, 0.3) is 0 Å². The molecule has 0 amide bonds. The van der Waals surface area contributed by atoms with Gasteiger partial charge in [0.25, 0.3) is 10.2 Å². The van der Waals surface area contributed by atoms with Crippen molar-refractivity contribution in [2.24, 2.45) is 5.73 Å². The molecule has 1 saturated heterocycles. The highest BCUT2D eigenvalue weighted by molar-refractivity contribution is 7.87. The molecule has 5 nitrogen and oxygen atoms in total. The number of hydrogen-bond donors (Lipinski definition) is 2. The molecule has 2 rings (SSSR count). The molecule has 0 aromatic carbocycles. The number of nitrogens with zero attached hydrogens (tertiary/aromatic N) is 1. The van der Waals surface area contributed by atoms with Gasteiger partial charge in [0.1, 0.15) is 0 Å². The minimum atomic E-state index is -3.22. The smallest absolute Gasteiger partial charge is 0.279 e. The van der Waals surface area contributed by atoms with Crippen LogP contribution in [0.3, 0.4) is 0 Å². The van der Waals surface area contributed by atoms with E-state index in [1.165, 1.54) is 4.31 Å². The third-order valence-corrected chi connectivity index (χ3v) is 4.57. The topological polar surface area (TPSA) is 75.4 Å². The molecular weight excluding hydrogens is 202 g/mol. The van der Waals surface area contributed by atoms with Crippen molar-refractivity contribution in [1.29, 1.82) is 0 Å². The van der Waals surface area contributed by atoms with Crippen LogP contribution in [0.5, 0.6) is 0 Å². The van der Waals surface area contributed by atoms with E-state index in [2.05, 4.69) is 4.72 Å². The van der Waals surface area contributed by atoms with Crippen LogP contribution in [0.2, 0.25) is 0 Å². The monoisotopic (exact) mass is 219 g/mol. The predicted molar refractivity (Wildman–Crippen MR) is 53.9 cm³/mol. The lowest BCUT2D eigenvalue weighted by molar-refractivity contribution is 0.319. The molecule has 82 valence electrons. The lowest BCUT2D eigenvalue weighted by Gasteiger charge is -2.33. The minimum absolute atomic E-state index is 0.0654. The van der Waals surface area contributed by atoms with Crippen molar-refractivity contribution >= 4 is 10.2 Å². The second-order valence-electron chi connectivity index (χ2n) is 4.16. The summed E-state index contributed by atoms with van der Waals surface area (Å²) < 4.78 is 27.6. The molecule has 1 aliphatic heterocycles. The van der Waals surface area contributed by atoms with Gasteiger partial charge < -0.3 is 5.73 Å². The van der Waals surface area contributed by atoms with E-state index in [4.69, 9.17) is 5.73 Å². The minimum Gasteiger partial charge on any atom is -0.328 e. The molecule has 0 bridgehead atoms. The zero-order valence-corrected chi connectivity index (χ0v) is 8.96. The van der Waals surface area contributed by atoms with Crippen molar-refractivity contribution in [3.63, 3.8) is 0 Å². The lowest BCUT2D eigenvalue weighted by atomic mass is 9.89. The van der Waals surface area contributed by atoms with Gasteiger partial charge in [-0.25, -0.2) is 0 Å². The summed E-state index contributed by atoms with van der Waals surface area (Å²) in [5.74, 6) is 0. The van der Waals surface area contributed by atoms with Gasteiger partial charge in [-0.2, -0.15) is 17.4 Å². The average molecular weight is 219 g/mol. The zero-order chi connectivity index (χ0) is 10.2. The molecule has 1 saturated carbocycles. The van der Waals surface area contributed by atoms with Gasteiger partial charge in [0.15, 0.2) is 0 Å². The summed E-state index contributed by atoms with van der Waals surface area (Å²) in [6, 6.07) is 0.247. The van der Waals surface area contributed by atoms with E-state index < -0.39 is 10.2 Å². The van der Waals surface area contributed by atoms with Crippen LogP contribution in [-0.2, 0) is 10.2 Å². The molecule has 14 heavy (non-hydrogen) atoms. The molecule has 0 aromatic rings. The van der Waals surface area contributed by atoms with Crippen LogP contribution in [0.4, 0.5) is 0 Å². The van der Waals surface area contributed by atoms with Gasteiger partial charge in [0.2, 0.25) is 0 Å². The molecular formula is C8H17N3O2S. The number of nitrogens with one attached hydrogen (secondary N) is 1. The lowest BCUT2D eigenvalue weighted by Crippen LogP contribution is -2.53. The van der Waals surface area contributed by atoms with Gasteiger partial charge in [-0.05, 0) is 25.7 Å². The maximum absolute atomic E-state index is 11.7. The van der Waals surface area contributed by atoms with E-state index in [9.17, 15) is 8.42 Å². The molecule has 2 aliphatic rings. The molecule has 0 radical (unpaired) electrons. The highest BCUT2D eigenvalue weighted by atomic mass is 32.2. The Morgan fingerprint density at radius 1 is 1.21 bits per heavy atom. The quantitative estimate of drug-likeness (QED) is 0.666. The first-order valence-electron chi connectivity index (χ1n) is 5.11. The van der Waals surface area contributed by atoms with Crippen molar-refractivity contribution in [1.82, 2.24) is 9.03 Å². The molecule has 1 heterocycles. The predicted octanol–water partition coefficient (Wildman–Crippen LogP) is -0.594. The van der Waals surface area contributed by atoms with Crippen molar-refractivity contribution in [2.45, 2.75) is 37.8 Å². The van der Waals surface area contributed by atoms with Crippen LogP contribution in [0.15, 0.2) is 0 Å². The summed E-state index contributed by atoms with van der Waals surface area (Å²) >= 11 is 0. The van der Waals surface area contributed by atoms with Gasteiger partial charge >= 0.3 is 0 Å². The fraction of sp³-hybridized carbons (Fsp3) is 1.00. The molecule has 0 aromatic heterocycles. The standard InChI is InChI=1S/C8H17N3O2S/c9-7-5-8(6-7)10-14(12,13)11-3-1-2-4-11/h7-8,10H,1-6,9H2. The van der Waals surface area contributed by atoms with Gasteiger partial charge in [0, 0.05) is 25.2 Å². The first kappa shape index (κ1) is 10.4. The third kappa shape index (κ3) is 2.08. The molecule has 1 aliphatic carbocycles. The third-order valence-electron chi connectivity index (χ3n) is 2.90. The van der Waals surface area contributed by atoms with Gasteiger partial charge in [-0.3, -0.25) is 0 Å². The summed E-state index contributed by atoms with van der Waals surface area (Å²) in [5, 5.41) is 0. The highest BCUT2D eigenvalue weighted by Crippen LogP contribution is 2.20. The molecule has 0 spiro atoms. The van der Waals surface area contributed by atoms with Gasteiger partial charge in [-0.15, -0.1) is 0 Å². The van der Waals surface area contributed by atoms with Crippen molar-refractivity contribution in [2.75, 3.05) is 13.1 Å². The maximum Gasteiger partial charge on any atom is 0.279 e. The molecule has 3 N–H and O–H groups in total. The Hall–Kier alpha value is -0.170. The van der Waals surface area contributed by atoms with Gasteiger partial charge in [0.05, 0.1) is 0 Å². The molecule has 0 unspecified atom stereocenters. The Kier molecular flexibility index (Phi) is 2.79. The molecule has 2 fully saturated rings. The summed E-state index contributed by atoms with van der Waals surface area (Å²) in [4.78, 5) is 0. The fourth-order valence-corrected chi connectivity index (χ4v) is 3.47. The number of hydrogen-bond acceptors (Lipinski definition) is 3. The van der Waals surface area contributed by atoms with Crippen molar-refractivity contribution in [3.8, 4) is 0 Å². The Balaban J connectivity index is 1.89. The SMILES string of the molecule is NC1CC(NS(=O)(=O)N2CCCC2)C1. The van der Waals surface area contributed by atoms with Crippen LogP contribution < -0.4 is 10.5 Å². The van der Waals surface area contributed by atoms with E-state index in [-0.39, 0.29) is 12.1 Å². The summed E-state index contributed by atoms with van der Waals surface area (Å²) in [6.07, 6.45) is 3.50. The summed E-state index contributed by atoms with van der Waals surface area (Å²) in [6.45, 7) is 1.32. The normalized spacial score (nSPS) is 34.4. The van der Waals surface area contributed by atoms with Crippen LogP contribution >= 0.6 is 0 Å². The Bertz CT molecular complexity index is 292. The number of nitrogens with two attached hydrogens (primary N) is 1. The summed E-state index contributed by atoms with van der Waals surface area (Å²) in [5.41, 5.74) is 5.59. The maximum atomic E-state index is 11.7. The molecule has 0 atom stereocenters. The molecule has 6 heteroatoms. The van der Waals surface area contributed by atoms with Crippen molar-refractivity contribution < 1.29 is 8.42 Å². The second kappa shape index (κ2) is 3.77. The zero-order valence-electron chi connectivity index (χ0n) is 8.15. The summed E-state index contributed by atoms with van der Waals surface area (Å²) in [7, 11) is -3.22. The van der Waals surface area contributed by atoms with Crippen LogP contribution in [0, 0.1) is 0 Å². The Morgan fingerprint density at radius 3 is 2.29 bits per heavy atom. The fourth-order valence-electron chi connectivity index (χ4n) is 1.97. The van der Waals surface area contributed by atoms with E-state index in [0.717, 1.165) is 25.7 Å². The first-order chi connectivity index (χ1) is 6.58. The van der Waals surface area contributed by atoms with E-state index in [1.54, 1.807) is 0 Å². The Labute approximate surface area is 84.8 Å². The first-order valence-corrected chi connectivity index (χ1v) is 6.55. The van der Waals surface area contributed by atoms with E-state index in [1.807, 2.05) is 0 Å². The van der Waals surface area contributed by atoms with Gasteiger partial charge in [-0.1, -0.05) is 0 Å². The van der Waals surface area contributed by atoms with E-state index in [0.29, 0.717) is 13.1 Å². The highest BCUT2D eigenvalue weighted by Gasteiger charge is 2.33. The van der Waals surface area contributed by atoms with Crippen LogP contribution in [-0.4, -0.2) is 37.9 Å². The average Bonchev–Trinajstić information content (AvgIpc) is 2.52. The number of rotatable bonds is 3. The Morgan fingerprint density at radius 2 is 1.79 bits per heavy atom. The van der Waals surface area contributed by atoms with Crippen molar-refractivity contribution in [3.05, 3.63) is 0 Å². The largest absolute Gasteiger partial charge is 0.328 e. The van der Waals surface area contributed by atoms with E-state index >= 15 is 0 Å².